The zero-order valence-electron chi connectivity index (χ0n) is 15.1. The van der Waals surface area contributed by atoms with E-state index in [0.29, 0.717) is 17.5 Å². The first-order valence-electron chi connectivity index (χ1n) is 8.51. The molecule has 8 heteroatoms. The van der Waals surface area contributed by atoms with Gasteiger partial charge >= 0.3 is 0 Å². The van der Waals surface area contributed by atoms with Gasteiger partial charge in [-0.1, -0.05) is 48.2 Å². The third-order valence-corrected chi connectivity index (χ3v) is 4.98. The number of rotatable bonds is 7. The molecule has 3 aromatic rings. The van der Waals surface area contributed by atoms with Crippen molar-refractivity contribution in [1.82, 2.24) is 14.8 Å². The van der Waals surface area contributed by atoms with Gasteiger partial charge < -0.3 is 5.32 Å². The smallest absolute Gasteiger partial charge is 0.237 e. The van der Waals surface area contributed by atoms with E-state index in [0.717, 1.165) is 17.7 Å². The zero-order chi connectivity index (χ0) is 20.1. The maximum Gasteiger partial charge on any atom is 0.237 e. The molecule has 2 aromatic carbocycles. The highest BCUT2D eigenvalue weighted by atomic mass is 32.2. The largest absolute Gasteiger partial charge is 0.323 e. The van der Waals surface area contributed by atoms with E-state index in [-0.39, 0.29) is 5.69 Å². The number of aromatic nitrogens is 3. The molecule has 0 saturated carbocycles. The van der Waals surface area contributed by atoms with E-state index in [4.69, 9.17) is 0 Å². The number of nitrogens with zero attached hydrogens (tertiary/aromatic N) is 3. The second kappa shape index (κ2) is 8.79. The predicted molar refractivity (Wildman–Crippen MR) is 106 cm³/mol. The third kappa shape index (κ3) is 4.45. The minimum absolute atomic E-state index is 0.0728. The maximum atomic E-state index is 13.8. The van der Waals surface area contributed by atoms with Gasteiger partial charge in [0, 0.05) is 18.2 Å². The van der Waals surface area contributed by atoms with Crippen molar-refractivity contribution in [1.29, 1.82) is 0 Å². The number of allylic oxidation sites excluding steroid dienone is 1. The van der Waals surface area contributed by atoms with Crippen molar-refractivity contribution < 1.29 is 13.6 Å². The summed E-state index contributed by atoms with van der Waals surface area (Å²) in [5, 5.41) is 10.9. The molecule has 1 N–H and O–H groups in total. The lowest BCUT2D eigenvalue weighted by Crippen LogP contribution is -2.23. The molecule has 1 heterocycles. The van der Waals surface area contributed by atoms with Crippen LogP contribution >= 0.6 is 11.8 Å². The second-order valence-electron chi connectivity index (χ2n) is 5.94. The van der Waals surface area contributed by atoms with Crippen molar-refractivity contribution in [2.75, 3.05) is 5.32 Å². The van der Waals surface area contributed by atoms with Gasteiger partial charge in [0.1, 0.15) is 11.6 Å². The van der Waals surface area contributed by atoms with E-state index in [1.165, 1.54) is 17.8 Å². The Balaban J connectivity index is 1.78. The van der Waals surface area contributed by atoms with Crippen LogP contribution in [0.15, 0.2) is 66.3 Å². The van der Waals surface area contributed by atoms with E-state index < -0.39 is 22.8 Å². The molecule has 28 heavy (non-hydrogen) atoms. The molecule has 1 atom stereocenters. The van der Waals surface area contributed by atoms with Crippen LogP contribution in [0.3, 0.4) is 0 Å². The van der Waals surface area contributed by atoms with Crippen molar-refractivity contribution in [3.63, 3.8) is 0 Å². The Morgan fingerprint density at radius 1 is 1.25 bits per heavy atom. The SMILES string of the molecule is C=CCn1c(S[C@H](C)C(=O)Nc2ccc(F)cc2F)nnc1-c1ccccc1. The average molecular weight is 400 g/mol. The average Bonchev–Trinajstić information content (AvgIpc) is 3.07. The van der Waals surface area contributed by atoms with E-state index in [1.54, 1.807) is 13.0 Å². The summed E-state index contributed by atoms with van der Waals surface area (Å²) >= 11 is 1.20. The Labute approximate surface area is 165 Å². The minimum Gasteiger partial charge on any atom is -0.323 e. The lowest BCUT2D eigenvalue weighted by atomic mass is 10.2. The Bertz CT molecular complexity index is 991. The van der Waals surface area contributed by atoms with Gasteiger partial charge in [-0.25, -0.2) is 8.78 Å². The summed E-state index contributed by atoms with van der Waals surface area (Å²) < 4.78 is 28.6. The quantitative estimate of drug-likeness (QED) is 0.468. The fraction of sp³-hybridized carbons (Fsp3) is 0.150. The first kappa shape index (κ1) is 19.8. The second-order valence-corrected chi connectivity index (χ2v) is 7.25. The molecular formula is C20H18F2N4OS. The fourth-order valence-electron chi connectivity index (χ4n) is 2.51. The third-order valence-electron chi connectivity index (χ3n) is 3.90. The zero-order valence-corrected chi connectivity index (χ0v) is 15.9. The number of anilines is 1. The monoisotopic (exact) mass is 400 g/mol. The van der Waals surface area contributed by atoms with E-state index in [1.807, 2.05) is 34.9 Å². The molecule has 5 nitrogen and oxygen atoms in total. The van der Waals surface area contributed by atoms with Gasteiger partial charge in [0.15, 0.2) is 11.0 Å². The molecule has 0 radical (unpaired) electrons. The molecule has 0 aliphatic heterocycles. The molecule has 144 valence electrons. The first-order valence-corrected chi connectivity index (χ1v) is 9.39. The van der Waals surface area contributed by atoms with Gasteiger partial charge in [-0.05, 0) is 19.1 Å². The predicted octanol–water partition coefficient (Wildman–Crippen LogP) is 4.53. The van der Waals surface area contributed by atoms with Gasteiger partial charge in [0.05, 0.1) is 10.9 Å². The highest BCUT2D eigenvalue weighted by Crippen LogP contribution is 2.27. The summed E-state index contributed by atoms with van der Waals surface area (Å²) in [6.45, 7) is 5.91. The number of hydrogen-bond acceptors (Lipinski definition) is 4. The van der Waals surface area contributed by atoms with Crippen LogP contribution in [0.2, 0.25) is 0 Å². The number of benzene rings is 2. The van der Waals surface area contributed by atoms with E-state index in [2.05, 4.69) is 22.1 Å². The summed E-state index contributed by atoms with van der Waals surface area (Å²) in [5.74, 6) is -1.29. The number of thioether (sulfide) groups is 1. The lowest BCUT2D eigenvalue weighted by Gasteiger charge is -2.13. The Hall–Kier alpha value is -3.00. The molecule has 0 aliphatic rings. The number of carbonyl (C=O) groups excluding carboxylic acids is 1. The molecule has 0 unspecified atom stereocenters. The number of amides is 1. The van der Waals surface area contributed by atoms with Gasteiger partial charge in [0.25, 0.3) is 0 Å². The highest BCUT2D eigenvalue weighted by molar-refractivity contribution is 8.00. The van der Waals surface area contributed by atoms with E-state index >= 15 is 0 Å². The van der Waals surface area contributed by atoms with Crippen LogP contribution in [0.5, 0.6) is 0 Å². The number of carbonyl (C=O) groups is 1. The first-order chi connectivity index (χ1) is 13.5. The number of halogens is 2. The van der Waals surface area contributed by atoms with Gasteiger partial charge in [-0.2, -0.15) is 0 Å². The van der Waals surface area contributed by atoms with Crippen molar-refractivity contribution in [3.05, 3.63) is 72.8 Å². The van der Waals surface area contributed by atoms with Crippen molar-refractivity contribution >= 4 is 23.4 Å². The van der Waals surface area contributed by atoms with Crippen molar-refractivity contribution in [2.24, 2.45) is 0 Å². The van der Waals surface area contributed by atoms with Gasteiger partial charge in [-0.15, -0.1) is 16.8 Å². The molecule has 1 aromatic heterocycles. The Morgan fingerprint density at radius 3 is 2.68 bits per heavy atom. The van der Waals surface area contributed by atoms with Gasteiger partial charge in [0.2, 0.25) is 5.91 Å². The highest BCUT2D eigenvalue weighted by Gasteiger charge is 2.21. The van der Waals surface area contributed by atoms with Crippen LogP contribution in [0.1, 0.15) is 6.92 Å². The minimum atomic E-state index is -0.827. The molecule has 0 fully saturated rings. The van der Waals surface area contributed by atoms with Crippen LogP contribution in [-0.4, -0.2) is 25.9 Å². The molecular weight excluding hydrogens is 382 g/mol. The number of hydrogen-bond donors (Lipinski definition) is 1. The number of nitrogens with one attached hydrogen (secondary N) is 1. The summed E-state index contributed by atoms with van der Waals surface area (Å²) in [4.78, 5) is 12.4. The standard InChI is InChI=1S/C20H18F2N4OS/c1-3-11-26-18(14-7-5-4-6-8-14)24-25-20(26)28-13(2)19(27)23-17-10-9-15(21)12-16(17)22/h3-10,12-13H,1,11H2,2H3,(H,23,27)/t13-/m1/s1. The molecule has 0 aliphatic carbocycles. The summed E-state index contributed by atoms with van der Waals surface area (Å²) in [6.07, 6.45) is 1.72. The molecule has 0 bridgehead atoms. The van der Waals surface area contributed by atoms with Crippen LogP contribution in [0.4, 0.5) is 14.5 Å². The van der Waals surface area contributed by atoms with Crippen LogP contribution in [-0.2, 0) is 11.3 Å². The normalized spacial score (nSPS) is 11.8. The Morgan fingerprint density at radius 2 is 2.00 bits per heavy atom. The topological polar surface area (TPSA) is 59.8 Å². The van der Waals surface area contributed by atoms with E-state index in [9.17, 15) is 13.6 Å². The molecule has 3 rings (SSSR count). The van der Waals surface area contributed by atoms with Crippen molar-refractivity contribution in [3.8, 4) is 11.4 Å². The van der Waals surface area contributed by atoms with Crippen LogP contribution in [0.25, 0.3) is 11.4 Å². The summed E-state index contributed by atoms with van der Waals surface area (Å²) in [5.41, 5.74) is 0.825. The summed E-state index contributed by atoms with van der Waals surface area (Å²) in [7, 11) is 0. The summed E-state index contributed by atoms with van der Waals surface area (Å²) in [6, 6.07) is 12.6. The molecule has 1 amide bonds. The molecule has 0 saturated heterocycles. The van der Waals surface area contributed by atoms with Crippen LogP contribution in [0, 0.1) is 11.6 Å². The van der Waals surface area contributed by atoms with Gasteiger partial charge in [-0.3, -0.25) is 9.36 Å². The van der Waals surface area contributed by atoms with Crippen LogP contribution < -0.4 is 5.32 Å². The molecule has 0 spiro atoms. The van der Waals surface area contributed by atoms with Crippen molar-refractivity contribution in [2.45, 2.75) is 23.9 Å². The Kier molecular flexibility index (Phi) is 6.20. The lowest BCUT2D eigenvalue weighted by molar-refractivity contribution is -0.115. The maximum absolute atomic E-state index is 13.8. The fourth-order valence-corrected chi connectivity index (χ4v) is 3.37.